The number of fused-ring (bicyclic) bond motifs is 1. The minimum absolute atomic E-state index is 0.136. The molecule has 148 valence electrons. The Morgan fingerprint density at radius 1 is 1.17 bits per heavy atom. The lowest BCUT2D eigenvalue weighted by atomic mass is 10.2. The highest BCUT2D eigenvalue weighted by Crippen LogP contribution is 2.26. The lowest BCUT2D eigenvalue weighted by molar-refractivity contribution is -0.116. The van der Waals surface area contributed by atoms with E-state index in [2.05, 4.69) is 20.4 Å². The van der Waals surface area contributed by atoms with E-state index in [9.17, 15) is 4.79 Å². The van der Waals surface area contributed by atoms with Gasteiger partial charge in [-0.2, -0.15) is 4.98 Å². The van der Waals surface area contributed by atoms with Crippen LogP contribution in [0.15, 0.2) is 56.6 Å². The highest BCUT2D eigenvalue weighted by molar-refractivity contribution is 7.98. The molecule has 2 heterocycles. The summed E-state index contributed by atoms with van der Waals surface area (Å²) in [6.07, 6.45) is 0.598. The average Bonchev–Trinajstić information content (AvgIpc) is 3.32. The number of aromatic nitrogens is 3. The molecule has 9 heteroatoms. The molecule has 0 atom stereocenters. The topological polar surface area (TPSA) is 94.0 Å². The maximum Gasteiger partial charge on any atom is 0.257 e. The number of hydrogen-bond acceptors (Lipinski definition) is 7. The number of benzene rings is 2. The van der Waals surface area contributed by atoms with E-state index >= 15 is 0 Å². The minimum atomic E-state index is -0.136. The zero-order valence-electron chi connectivity index (χ0n) is 15.5. The van der Waals surface area contributed by atoms with Crippen LogP contribution in [0.5, 0.6) is 0 Å². The van der Waals surface area contributed by atoms with Crippen molar-refractivity contribution in [1.29, 1.82) is 0 Å². The third kappa shape index (κ3) is 5.16. The molecule has 29 heavy (non-hydrogen) atoms. The zero-order chi connectivity index (χ0) is 20.2. The Balaban J connectivity index is 1.27. The van der Waals surface area contributed by atoms with Gasteiger partial charge in [-0.15, -0.1) is 0 Å². The molecule has 1 amide bonds. The third-order valence-electron chi connectivity index (χ3n) is 4.05. The number of nitrogens with one attached hydrogen (secondary N) is 1. The monoisotopic (exact) mass is 428 g/mol. The number of carbonyl (C=O) groups is 1. The molecular formula is C20H17ClN4O3S. The normalized spacial score (nSPS) is 11.1. The Morgan fingerprint density at radius 2 is 2.00 bits per heavy atom. The molecule has 0 aliphatic rings. The molecule has 0 radical (unpaired) electrons. The van der Waals surface area contributed by atoms with Crippen molar-refractivity contribution in [1.82, 2.24) is 15.1 Å². The van der Waals surface area contributed by atoms with Gasteiger partial charge in [-0.25, -0.2) is 4.98 Å². The van der Waals surface area contributed by atoms with E-state index in [-0.39, 0.29) is 12.3 Å². The van der Waals surface area contributed by atoms with Crippen LogP contribution in [0.3, 0.4) is 0 Å². The van der Waals surface area contributed by atoms with Gasteiger partial charge in [0.05, 0.1) is 5.75 Å². The molecule has 0 aliphatic heterocycles. The number of oxazole rings is 1. The Labute approximate surface area is 175 Å². The second kappa shape index (κ2) is 8.67. The summed E-state index contributed by atoms with van der Waals surface area (Å²) in [6, 6.07) is 12.8. The van der Waals surface area contributed by atoms with Gasteiger partial charge in [0.2, 0.25) is 11.8 Å². The highest BCUT2D eigenvalue weighted by atomic mass is 35.5. The first-order valence-corrected chi connectivity index (χ1v) is 10.3. The molecule has 4 aromatic rings. The van der Waals surface area contributed by atoms with E-state index < -0.39 is 0 Å². The predicted molar refractivity (Wildman–Crippen MR) is 111 cm³/mol. The van der Waals surface area contributed by atoms with Crippen molar-refractivity contribution in [3.8, 4) is 0 Å². The summed E-state index contributed by atoms with van der Waals surface area (Å²) >= 11 is 7.22. The standard InChI is InChI=1S/C20H17ClN4O3S/c1-12-2-7-16-15(10-12)23-20(27-16)29-11-17-24-19(28-25-17)9-8-18(26)22-14-5-3-13(21)4-6-14/h2-7,10H,8-9,11H2,1H3,(H,22,26). The molecule has 1 N–H and O–H groups in total. The van der Waals surface area contributed by atoms with Crippen LogP contribution in [0.4, 0.5) is 5.69 Å². The van der Waals surface area contributed by atoms with Crippen molar-refractivity contribution < 1.29 is 13.7 Å². The van der Waals surface area contributed by atoms with Gasteiger partial charge in [0.15, 0.2) is 11.4 Å². The van der Waals surface area contributed by atoms with Gasteiger partial charge in [-0.05, 0) is 48.9 Å². The number of halogens is 1. The first kappa shape index (κ1) is 19.5. The zero-order valence-corrected chi connectivity index (χ0v) is 17.1. The highest BCUT2D eigenvalue weighted by Gasteiger charge is 2.12. The summed E-state index contributed by atoms with van der Waals surface area (Å²) in [7, 11) is 0. The first-order valence-electron chi connectivity index (χ1n) is 8.92. The van der Waals surface area contributed by atoms with Crippen LogP contribution in [-0.4, -0.2) is 21.0 Å². The van der Waals surface area contributed by atoms with E-state index in [0.717, 1.165) is 16.7 Å². The van der Waals surface area contributed by atoms with E-state index in [1.165, 1.54) is 11.8 Å². The Kier molecular flexibility index (Phi) is 5.82. The van der Waals surface area contributed by atoms with Crippen molar-refractivity contribution in [2.75, 3.05) is 5.32 Å². The van der Waals surface area contributed by atoms with Gasteiger partial charge < -0.3 is 14.3 Å². The SMILES string of the molecule is Cc1ccc2oc(SCc3noc(CCC(=O)Nc4ccc(Cl)cc4)n3)nc2c1. The summed E-state index contributed by atoms with van der Waals surface area (Å²) in [6.45, 7) is 2.01. The largest absolute Gasteiger partial charge is 0.431 e. The summed E-state index contributed by atoms with van der Waals surface area (Å²) < 4.78 is 10.9. The molecular weight excluding hydrogens is 412 g/mol. The molecule has 0 bridgehead atoms. The molecule has 4 rings (SSSR count). The van der Waals surface area contributed by atoms with Crippen LogP contribution >= 0.6 is 23.4 Å². The lowest BCUT2D eigenvalue weighted by Gasteiger charge is -2.03. The first-order chi connectivity index (χ1) is 14.0. The lowest BCUT2D eigenvalue weighted by Crippen LogP contribution is -2.12. The fraction of sp³-hybridized carbons (Fsp3) is 0.200. The molecule has 0 aliphatic carbocycles. The number of amides is 1. The molecule has 2 aromatic carbocycles. The van der Waals surface area contributed by atoms with Gasteiger partial charge in [-0.3, -0.25) is 4.79 Å². The fourth-order valence-corrected chi connectivity index (χ4v) is 3.44. The average molecular weight is 429 g/mol. The summed E-state index contributed by atoms with van der Waals surface area (Å²) in [5.41, 5.74) is 3.40. The van der Waals surface area contributed by atoms with Gasteiger partial charge >= 0.3 is 0 Å². The number of aryl methyl sites for hydroxylation is 2. The molecule has 0 saturated carbocycles. The van der Waals surface area contributed by atoms with E-state index in [4.69, 9.17) is 20.5 Å². The summed E-state index contributed by atoms with van der Waals surface area (Å²) in [4.78, 5) is 20.8. The molecule has 0 saturated heterocycles. The number of hydrogen-bond donors (Lipinski definition) is 1. The minimum Gasteiger partial charge on any atom is -0.431 e. The van der Waals surface area contributed by atoms with Crippen LogP contribution in [0.2, 0.25) is 5.02 Å². The quantitative estimate of drug-likeness (QED) is 0.412. The van der Waals surface area contributed by atoms with Gasteiger partial charge in [0.1, 0.15) is 5.52 Å². The summed E-state index contributed by atoms with van der Waals surface area (Å²) in [5, 5.41) is 7.92. The Morgan fingerprint density at radius 3 is 2.83 bits per heavy atom. The van der Waals surface area contributed by atoms with Crippen molar-refractivity contribution >= 4 is 46.1 Å². The van der Waals surface area contributed by atoms with Gasteiger partial charge in [-0.1, -0.05) is 34.6 Å². The van der Waals surface area contributed by atoms with Crippen molar-refractivity contribution in [2.24, 2.45) is 0 Å². The fourth-order valence-electron chi connectivity index (χ4n) is 2.63. The maximum absolute atomic E-state index is 12.0. The number of thioether (sulfide) groups is 1. The van der Waals surface area contributed by atoms with E-state index in [0.29, 0.717) is 39.8 Å². The molecule has 0 unspecified atom stereocenters. The molecule has 0 spiro atoms. The third-order valence-corrected chi connectivity index (χ3v) is 5.13. The van der Waals surface area contributed by atoms with E-state index in [1.54, 1.807) is 24.3 Å². The van der Waals surface area contributed by atoms with Gasteiger partial charge in [0, 0.05) is 23.6 Å². The van der Waals surface area contributed by atoms with Crippen LogP contribution in [-0.2, 0) is 17.0 Å². The van der Waals surface area contributed by atoms with Crippen molar-refractivity contribution in [2.45, 2.75) is 30.7 Å². The van der Waals surface area contributed by atoms with E-state index in [1.807, 2.05) is 25.1 Å². The van der Waals surface area contributed by atoms with Crippen LogP contribution in [0.1, 0.15) is 23.7 Å². The second-order valence-corrected chi connectivity index (χ2v) is 7.76. The predicted octanol–water partition coefficient (Wildman–Crippen LogP) is 5.04. The molecule has 2 aromatic heterocycles. The number of anilines is 1. The van der Waals surface area contributed by atoms with Crippen LogP contribution in [0, 0.1) is 6.92 Å². The Hall–Kier alpha value is -2.84. The second-order valence-electron chi connectivity index (χ2n) is 6.40. The molecule has 7 nitrogen and oxygen atoms in total. The molecule has 0 fully saturated rings. The Bertz CT molecular complexity index is 1140. The number of nitrogens with zero attached hydrogens (tertiary/aromatic N) is 3. The van der Waals surface area contributed by atoms with Crippen molar-refractivity contribution in [3.05, 3.63) is 64.8 Å². The summed E-state index contributed by atoms with van der Waals surface area (Å²) in [5.74, 6) is 1.27. The maximum atomic E-state index is 12.0. The number of carbonyl (C=O) groups excluding carboxylic acids is 1. The number of rotatable bonds is 7. The van der Waals surface area contributed by atoms with Crippen molar-refractivity contribution in [3.63, 3.8) is 0 Å². The smallest absolute Gasteiger partial charge is 0.257 e. The van der Waals surface area contributed by atoms with Crippen LogP contribution < -0.4 is 5.32 Å². The van der Waals surface area contributed by atoms with Gasteiger partial charge in [0.25, 0.3) is 5.22 Å². The van der Waals surface area contributed by atoms with Crippen LogP contribution in [0.25, 0.3) is 11.1 Å².